The lowest BCUT2D eigenvalue weighted by molar-refractivity contribution is -0.117. The van der Waals surface area contributed by atoms with E-state index in [1.54, 1.807) is 19.4 Å². The molecule has 0 saturated heterocycles. The van der Waals surface area contributed by atoms with Gasteiger partial charge in [0.2, 0.25) is 5.91 Å². The maximum absolute atomic E-state index is 12.3. The molecular weight excluding hydrogens is 462 g/mol. The molecule has 0 bridgehead atoms. The van der Waals surface area contributed by atoms with Crippen LogP contribution in [0.1, 0.15) is 38.2 Å². The Morgan fingerprint density at radius 2 is 1.89 bits per heavy atom. The van der Waals surface area contributed by atoms with E-state index in [0.717, 1.165) is 35.7 Å². The molecule has 1 heterocycles. The van der Waals surface area contributed by atoms with Gasteiger partial charge in [0.1, 0.15) is 12.4 Å². The van der Waals surface area contributed by atoms with Crippen LogP contribution in [0.15, 0.2) is 67.0 Å². The van der Waals surface area contributed by atoms with Crippen molar-refractivity contribution in [3.8, 4) is 22.9 Å². The number of amides is 1. The molecule has 2 aromatic carbocycles. The number of ether oxygens (including phenoxy) is 2. The monoisotopic (exact) mass is 495 g/mol. The van der Waals surface area contributed by atoms with Gasteiger partial charge in [-0.05, 0) is 55.4 Å². The Kier molecular flexibility index (Phi) is 9.79. The molecular formula is C28H34ClN3O3. The Hall–Kier alpha value is -3.25. The summed E-state index contributed by atoms with van der Waals surface area (Å²) in [5.41, 5.74) is 1.96. The second kappa shape index (κ2) is 13.0. The van der Waals surface area contributed by atoms with Gasteiger partial charge in [-0.1, -0.05) is 43.3 Å². The second-order valence-electron chi connectivity index (χ2n) is 8.87. The van der Waals surface area contributed by atoms with E-state index >= 15 is 0 Å². The zero-order valence-electron chi connectivity index (χ0n) is 20.4. The summed E-state index contributed by atoms with van der Waals surface area (Å²) >= 11 is 0. The highest BCUT2D eigenvalue weighted by Gasteiger charge is 2.18. The molecule has 0 atom stereocenters. The summed E-state index contributed by atoms with van der Waals surface area (Å²) in [4.78, 5) is 16.8. The largest absolute Gasteiger partial charge is 0.493 e. The lowest BCUT2D eigenvalue weighted by atomic mass is 9.87. The van der Waals surface area contributed by atoms with Crippen LogP contribution >= 0.6 is 12.4 Å². The molecule has 1 amide bonds. The molecule has 1 aliphatic rings. The standard InChI is InChI=1S/C28H33N3O3.ClH/c1-21-8-12-24(13-9-21)30-27(32)15-11-22-10-14-25(26(20-22)33-2)34-19-18-31-17-16-29-28(31)23-6-4-3-5-7-23;/h3-7,10-11,14-17,20-21,24H,8-9,12-13,18-19H2,1-2H3,(H,30,32);1H/b15-11+;. The van der Waals surface area contributed by atoms with Gasteiger partial charge >= 0.3 is 0 Å². The van der Waals surface area contributed by atoms with Crippen molar-refractivity contribution in [2.45, 2.75) is 45.2 Å². The number of benzene rings is 2. The van der Waals surface area contributed by atoms with E-state index in [2.05, 4.69) is 21.8 Å². The van der Waals surface area contributed by atoms with E-state index in [-0.39, 0.29) is 24.4 Å². The van der Waals surface area contributed by atoms with Crippen LogP contribution in [0.4, 0.5) is 0 Å². The Morgan fingerprint density at radius 3 is 2.63 bits per heavy atom. The van der Waals surface area contributed by atoms with Crippen LogP contribution in [0, 0.1) is 5.92 Å². The van der Waals surface area contributed by atoms with Crippen molar-refractivity contribution < 1.29 is 14.3 Å². The molecule has 0 radical (unpaired) electrons. The first kappa shape index (κ1) is 26.4. The molecule has 7 heteroatoms. The summed E-state index contributed by atoms with van der Waals surface area (Å²) in [6, 6.07) is 16.1. The van der Waals surface area contributed by atoms with E-state index in [9.17, 15) is 4.79 Å². The number of methoxy groups -OCH3 is 1. The Bertz CT molecular complexity index is 1110. The molecule has 6 nitrogen and oxygen atoms in total. The smallest absolute Gasteiger partial charge is 0.244 e. The highest BCUT2D eigenvalue weighted by atomic mass is 35.5. The molecule has 4 rings (SSSR count). The van der Waals surface area contributed by atoms with Gasteiger partial charge in [-0.2, -0.15) is 0 Å². The summed E-state index contributed by atoms with van der Waals surface area (Å²) in [6.07, 6.45) is 11.6. The van der Waals surface area contributed by atoms with Crippen molar-refractivity contribution in [3.63, 3.8) is 0 Å². The highest BCUT2D eigenvalue weighted by Crippen LogP contribution is 2.29. The van der Waals surface area contributed by atoms with Crippen molar-refractivity contribution in [1.29, 1.82) is 0 Å². The van der Waals surface area contributed by atoms with E-state index < -0.39 is 0 Å². The number of hydrogen-bond donors (Lipinski definition) is 1. The quantitative estimate of drug-likeness (QED) is 0.383. The van der Waals surface area contributed by atoms with Gasteiger partial charge in [0.05, 0.1) is 13.7 Å². The molecule has 0 aliphatic heterocycles. The van der Waals surface area contributed by atoms with E-state index in [1.807, 2.05) is 60.8 Å². The van der Waals surface area contributed by atoms with Crippen LogP contribution in [-0.4, -0.2) is 35.2 Å². The minimum atomic E-state index is -0.0478. The third-order valence-electron chi connectivity index (χ3n) is 6.31. The average molecular weight is 496 g/mol. The van der Waals surface area contributed by atoms with Crippen molar-refractivity contribution in [2.75, 3.05) is 13.7 Å². The molecule has 35 heavy (non-hydrogen) atoms. The van der Waals surface area contributed by atoms with Crippen LogP contribution in [0.2, 0.25) is 0 Å². The Balaban J connectivity index is 0.00000342. The van der Waals surface area contributed by atoms with E-state index in [1.165, 1.54) is 12.8 Å². The van der Waals surface area contributed by atoms with E-state index in [4.69, 9.17) is 9.47 Å². The van der Waals surface area contributed by atoms with Crippen molar-refractivity contribution in [1.82, 2.24) is 14.9 Å². The number of nitrogens with zero attached hydrogens (tertiary/aromatic N) is 2. The minimum Gasteiger partial charge on any atom is -0.493 e. The predicted octanol–water partition coefficient (Wildman–Crippen LogP) is 5.77. The fourth-order valence-electron chi connectivity index (χ4n) is 4.32. The molecule has 3 aromatic rings. The van der Waals surface area contributed by atoms with Crippen LogP contribution in [0.5, 0.6) is 11.5 Å². The van der Waals surface area contributed by atoms with E-state index in [0.29, 0.717) is 24.7 Å². The fraction of sp³-hybridized carbons (Fsp3) is 0.357. The normalized spacial score (nSPS) is 17.5. The topological polar surface area (TPSA) is 65.4 Å². The van der Waals surface area contributed by atoms with Gasteiger partial charge in [-0.3, -0.25) is 4.79 Å². The molecule has 0 spiro atoms. The number of halogens is 1. The number of rotatable bonds is 9. The average Bonchev–Trinajstić information content (AvgIpc) is 3.34. The number of carbonyl (C=O) groups excluding carboxylic acids is 1. The summed E-state index contributed by atoms with van der Waals surface area (Å²) in [6.45, 7) is 3.41. The molecule has 1 N–H and O–H groups in total. The summed E-state index contributed by atoms with van der Waals surface area (Å²) < 4.78 is 13.6. The number of carbonyl (C=O) groups is 1. The number of aromatic nitrogens is 2. The third kappa shape index (κ3) is 7.36. The first-order valence-corrected chi connectivity index (χ1v) is 12.0. The fourth-order valence-corrected chi connectivity index (χ4v) is 4.32. The molecule has 1 aromatic heterocycles. The highest BCUT2D eigenvalue weighted by molar-refractivity contribution is 5.92. The first-order chi connectivity index (χ1) is 16.6. The number of hydrogen-bond acceptors (Lipinski definition) is 4. The van der Waals surface area contributed by atoms with Crippen LogP contribution in [0.25, 0.3) is 17.5 Å². The van der Waals surface area contributed by atoms with Gasteiger partial charge in [0.25, 0.3) is 0 Å². The third-order valence-corrected chi connectivity index (χ3v) is 6.31. The molecule has 1 fully saturated rings. The van der Waals surface area contributed by atoms with Crippen molar-refractivity contribution >= 4 is 24.4 Å². The Labute approximate surface area is 213 Å². The van der Waals surface area contributed by atoms with Gasteiger partial charge < -0.3 is 19.4 Å². The SMILES string of the molecule is COc1cc(/C=C/C(=O)NC2CCC(C)CC2)ccc1OCCn1ccnc1-c1ccccc1.Cl. The van der Waals surface area contributed by atoms with Crippen LogP contribution in [-0.2, 0) is 11.3 Å². The van der Waals surface area contributed by atoms with Crippen molar-refractivity contribution in [2.24, 2.45) is 5.92 Å². The Morgan fingerprint density at radius 1 is 1.11 bits per heavy atom. The second-order valence-corrected chi connectivity index (χ2v) is 8.87. The lowest BCUT2D eigenvalue weighted by Gasteiger charge is -2.26. The van der Waals surface area contributed by atoms with Crippen LogP contribution in [0.3, 0.4) is 0 Å². The molecule has 1 aliphatic carbocycles. The molecule has 186 valence electrons. The number of imidazole rings is 1. The van der Waals surface area contributed by atoms with Gasteiger partial charge in [-0.25, -0.2) is 4.98 Å². The van der Waals surface area contributed by atoms with Gasteiger partial charge in [0, 0.05) is 30.1 Å². The molecule has 0 unspecified atom stereocenters. The maximum Gasteiger partial charge on any atom is 0.244 e. The van der Waals surface area contributed by atoms with Crippen LogP contribution < -0.4 is 14.8 Å². The summed E-state index contributed by atoms with van der Waals surface area (Å²) in [5, 5.41) is 3.12. The number of nitrogens with one attached hydrogen (secondary N) is 1. The summed E-state index contributed by atoms with van der Waals surface area (Å²) in [5.74, 6) is 2.94. The van der Waals surface area contributed by atoms with Gasteiger partial charge in [-0.15, -0.1) is 12.4 Å². The zero-order valence-corrected chi connectivity index (χ0v) is 21.2. The minimum absolute atomic E-state index is 0. The van der Waals surface area contributed by atoms with Gasteiger partial charge in [0.15, 0.2) is 11.5 Å². The van der Waals surface area contributed by atoms with Crippen molar-refractivity contribution in [3.05, 3.63) is 72.6 Å². The molecule has 1 saturated carbocycles. The predicted molar refractivity (Wildman–Crippen MR) is 142 cm³/mol. The zero-order chi connectivity index (χ0) is 23.8. The maximum atomic E-state index is 12.3. The summed E-state index contributed by atoms with van der Waals surface area (Å²) in [7, 11) is 1.62. The lowest BCUT2D eigenvalue weighted by Crippen LogP contribution is -2.36. The first-order valence-electron chi connectivity index (χ1n) is 12.0.